The minimum absolute atomic E-state index is 0.0631. The lowest BCUT2D eigenvalue weighted by Crippen LogP contribution is -2.29. The number of hydrogen-bond donors (Lipinski definition) is 1. The second-order valence-electron chi connectivity index (χ2n) is 3.60. The van der Waals surface area contributed by atoms with Crippen molar-refractivity contribution in [2.45, 2.75) is 24.8 Å². The zero-order valence-electron chi connectivity index (χ0n) is 9.36. The molecule has 1 aromatic carbocycles. The van der Waals surface area contributed by atoms with Gasteiger partial charge in [0.05, 0.1) is 11.8 Å². The van der Waals surface area contributed by atoms with E-state index in [1.165, 1.54) is 11.8 Å². The minimum Gasteiger partial charge on any atom is -0.350 e. The van der Waals surface area contributed by atoms with E-state index in [9.17, 15) is 4.79 Å². The van der Waals surface area contributed by atoms with Crippen molar-refractivity contribution in [1.29, 1.82) is 5.26 Å². The number of rotatable bonds is 4. The molecule has 0 aromatic heterocycles. The van der Waals surface area contributed by atoms with Gasteiger partial charge in [0.2, 0.25) is 0 Å². The Morgan fingerprint density at radius 3 is 2.56 bits per heavy atom. The van der Waals surface area contributed by atoms with Crippen molar-refractivity contribution in [3.05, 3.63) is 29.8 Å². The van der Waals surface area contributed by atoms with E-state index >= 15 is 0 Å². The Labute approximate surface area is 99.8 Å². The third-order valence-electron chi connectivity index (χ3n) is 1.84. The Hall–Kier alpha value is -1.47. The molecule has 1 rings (SSSR count). The summed E-state index contributed by atoms with van der Waals surface area (Å²) in [5, 5.41) is 11.3. The van der Waals surface area contributed by atoms with Gasteiger partial charge in [-0.15, -0.1) is 11.8 Å². The molecule has 0 fully saturated rings. The van der Waals surface area contributed by atoms with Gasteiger partial charge in [0, 0.05) is 16.5 Å². The highest BCUT2D eigenvalue weighted by Crippen LogP contribution is 2.17. The zero-order chi connectivity index (χ0) is 12.0. The molecule has 84 valence electrons. The third kappa shape index (κ3) is 3.95. The van der Waals surface area contributed by atoms with Gasteiger partial charge in [0.25, 0.3) is 5.91 Å². The molecule has 0 saturated carbocycles. The number of thioether (sulfide) groups is 1. The van der Waals surface area contributed by atoms with Crippen molar-refractivity contribution in [1.82, 2.24) is 5.32 Å². The number of nitrogens with one attached hydrogen (secondary N) is 1. The van der Waals surface area contributed by atoms with Gasteiger partial charge in [0.15, 0.2) is 0 Å². The van der Waals surface area contributed by atoms with Crippen LogP contribution in [0.15, 0.2) is 29.2 Å². The molecule has 1 amide bonds. The van der Waals surface area contributed by atoms with Gasteiger partial charge in [-0.2, -0.15) is 5.26 Å². The maximum Gasteiger partial charge on any atom is 0.251 e. The lowest BCUT2D eigenvalue weighted by molar-refractivity contribution is 0.0943. The number of benzene rings is 1. The fourth-order valence-electron chi connectivity index (χ4n) is 1.16. The van der Waals surface area contributed by atoms with Crippen LogP contribution >= 0.6 is 11.8 Å². The summed E-state index contributed by atoms with van der Waals surface area (Å²) in [7, 11) is 0. The van der Waals surface area contributed by atoms with E-state index in [2.05, 4.69) is 11.4 Å². The highest BCUT2D eigenvalue weighted by atomic mass is 32.2. The summed E-state index contributed by atoms with van der Waals surface area (Å²) in [5.74, 6) is 0.365. The van der Waals surface area contributed by atoms with E-state index in [-0.39, 0.29) is 11.9 Å². The highest BCUT2D eigenvalue weighted by Gasteiger charge is 2.06. The summed E-state index contributed by atoms with van der Waals surface area (Å²) in [6.45, 7) is 3.85. The summed E-state index contributed by atoms with van der Waals surface area (Å²) < 4.78 is 0. The maximum atomic E-state index is 11.6. The highest BCUT2D eigenvalue weighted by molar-refractivity contribution is 7.99. The largest absolute Gasteiger partial charge is 0.350 e. The van der Waals surface area contributed by atoms with Crippen LogP contribution in [0.5, 0.6) is 0 Å². The molecule has 0 atom stereocenters. The molecule has 16 heavy (non-hydrogen) atoms. The first-order valence-corrected chi connectivity index (χ1v) is 6.02. The monoisotopic (exact) mass is 234 g/mol. The SMILES string of the molecule is CC(C)NC(=O)c1ccc(SCC#N)cc1. The summed E-state index contributed by atoms with van der Waals surface area (Å²) in [6, 6.07) is 9.47. The molecule has 1 N–H and O–H groups in total. The quantitative estimate of drug-likeness (QED) is 0.814. The summed E-state index contributed by atoms with van der Waals surface area (Å²) in [6.07, 6.45) is 0. The number of carbonyl (C=O) groups excluding carboxylic acids is 1. The van der Waals surface area contributed by atoms with E-state index in [1.54, 1.807) is 12.1 Å². The molecule has 0 saturated heterocycles. The van der Waals surface area contributed by atoms with Crippen LogP contribution in [0.25, 0.3) is 0 Å². The van der Waals surface area contributed by atoms with Gasteiger partial charge in [0.1, 0.15) is 0 Å². The Bertz CT molecular complexity index is 392. The predicted octanol–water partition coefficient (Wildman–Crippen LogP) is 2.44. The van der Waals surface area contributed by atoms with Crippen LogP contribution in [0, 0.1) is 11.3 Å². The standard InChI is InChI=1S/C12H14N2OS/c1-9(2)14-12(15)10-3-5-11(6-4-10)16-8-7-13/h3-6,9H,8H2,1-2H3,(H,14,15). The van der Waals surface area contributed by atoms with Gasteiger partial charge < -0.3 is 5.32 Å². The van der Waals surface area contributed by atoms with Gasteiger partial charge in [-0.25, -0.2) is 0 Å². The molecular formula is C12H14N2OS. The van der Waals surface area contributed by atoms with Gasteiger partial charge in [-0.05, 0) is 38.1 Å². The van der Waals surface area contributed by atoms with Crippen molar-refractivity contribution in [3.8, 4) is 6.07 Å². The topological polar surface area (TPSA) is 52.9 Å². The Morgan fingerprint density at radius 1 is 1.44 bits per heavy atom. The summed E-state index contributed by atoms with van der Waals surface area (Å²) >= 11 is 1.46. The second-order valence-corrected chi connectivity index (χ2v) is 4.65. The summed E-state index contributed by atoms with van der Waals surface area (Å²) in [5.41, 5.74) is 0.648. The van der Waals surface area contributed by atoms with E-state index in [0.717, 1.165) is 4.90 Å². The van der Waals surface area contributed by atoms with E-state index in [0.29, 0.717) is 11.3 Å². The molecule has 0 aliphatic rings. The average molecular weight is 234 g/mol. The third-order valence-corrected chi connectivity index (χ3v) is 2.72. The number of nitriles is 1. The van der Waals surface area contributed by atoms with Crippen LogP contribution < -0.4 is 5.32 Å². The molecule has 0 heterocycles. The first kappa shape index (κ1) is 12.6. The Kier molecular flexibility index (Phi) is 4.87. The molecule has 1 aromatic rings. The Morgan fingerprint density at radius 2 is 2.06 bits per heavy atom. The maximum absolute atomic E-state index is 11.6. The minimum atomic E-state index is -0.0631. The first-order chi connectivity index (χ1) is 7.63. The molecule has 0 aliphatic carbocycles. The lowest BCUT2D eigenvalue weighted by atomic mass is 10.2. The van der Waals surface area contributed by atoms with Gasteiger partial charge in [-0.3, -0.25) is 4.79 Å². The van der Waals surface area contributed by atoms with Crippen molar-refractivity contribution in [2.75, 3.05) is 5.75 Å². The molecular weight excluding hydrogens is 220 g/mol. The van der Waals surface area contributed by atoms with Gasteiger partial charge in [-0.1, -0.05) is 0 Å². The normalized spacial score (nSPS) is 9.88. The molecule has 0 aliphatic heterocycles. The van der Waals surface area contributed by atoms with Crippen molar-refractivity contribution in [3.63, 3.8) is 0 Å². The number of nitrogens with zero attached hydrogens (tertiary/aromatic N) is 1. The van der Waals surface area contributed by atoms with E-state index in [1.807, 2.05) is 26.0 Å². The molecule has 4 heteroatoms. The van der Waals surface area contributed by atoms with Crippen molar-refractivity contribution >= 4 is 17.7 Å². The fourth-order valence-corrected chi connectivity index (χ4v) is 1.72. The molecule has 3 nitrogen and oxygen atoms in total. The first-order valence-electron chi connectivity index (χ1n) is 5.04. The fraction of sp³-hybridized carbons (Fsp3) is 0.333. The van der Waals surface area contributed by atoms with E-state index < -0.39 is 0 Å². The lowest BCUT2D eigenvalue weighted by Gasteiger charge is -2.08. The van der Waals surface area contributed by atoms with Crippen LogP contribution in [0.1, 0.15) is 24.2 Å². The van der Waals surface area contributed by atoms with Crippen LogP contribution in [-0.4, -0.2) is 17.7 Å². The average Bonchev–Trinajstić information content (AvgIpc) is 2.26. The number of carbonyl (C=O) groups is 1. The molecule has 0 bridgehead atoms. The molecule has 0 radical (unpaired) electrons. The number of amides is 1. The molecule has 0 unspecified atom stereocenters. The Balaban J connectivity index is 2.64. The molecule has 0 spiro atoms. The van der Waals surface area contributed by atoms with Crippen LogP contribution in [0.4, 0.5) is 0 Å². The van der Waals surface area contributed by atoms with Crippen molar-refractivity contribution < 1.29 is 4.79 Å². The summed E-state index contributed by atoms with van der Waals surface area (Å²) in [4.78, 5) is 12.6. The second kappa shape index (κ2) is 6.19. The number of hydrogen-bond acceptors (Lipinski definition) is 3. The van der Waals surface area contributed by atoms with Crippen LogP contribution in [0.3, 0.4) is 0 Å². The van der Waals surface area contributed by atoms with Crippen LogP contribution in [-0.2, 0) is 0 Å². The van der Waals surface area contributed by atoms with Gasteiger partial charge >= 0.3 is 0 Å². The smallest absolute Gasteiger partial charge is 0.251 e. The van der Waals surface area contributed by atoms with Crippen LogP contribution in [0.2, 0.25) is 0 Å². The van der Waals surface area contributed by atoms with E-state index in [4.69, 9.17) is 5.26 Å². The van der Waals surface area contributed by atoms with Crippen molar-refractivity contribution in [2.24, 2.45) is 0 Å². The zero-order valence-corrected chi connectivity index (χ0v) is 10.2. The predicted molar refractivity (Wildman–Crippen MR) is 65.4 cm³/mol.